The Hall–Kier alpha value is -3.91. The van der Waals surface area contributed by atoms with Crippen molar-refractivity contribution in [2.75, 3.05) is 24.5 Å². The highest BCUT2D eigenvalue weighted by atomic mass is 16.5. The summed E-state index contributed by atoms with van der Waals surface area (Å²) in [5.41, 5.74) is 12.5. The van der Waals surface area contributed by atoms with Gasteiger partial charge in [0.05, 0.1) is 13.1 Å². The first-order valence-corrected chi connectivity index (χ1v) is 11.9. The van der Waals surface area contributed by atoms with Crippen LogP contribution in [-0.4, -0.2) is 98.7 Å². The van der Waals surface area contributed by atoms with Gasteiger partial charge in [0.2, 0.25) is 11.8 Å². The van der Waals surface area contributed by atoms with E-state index in [0.717, 1.165) is 16.2 Å². The van der Waals surface area contributed by atoms with Gasteiger partial charge < -0.3 is 15.5 Å². The lowest BCUT2D eigenvalue weighted by atomic mass is 9.85. The molecule has 2 fully saturated rings. The number of benzene rings is 1. The molecule has 1 spiro atoms. The molecule has 36 heavy (non-hydrogen) atoms. The lowest BCUT2D eigenvalue weighted by molar-refractivity contribution is -0.674. The fraction of sp³-hybridized carbons (Fsp3) is 0.500. The monoisotopic (exact) mass is 499 g/mol. The number of anilines is 1. The van der Waals surface area contributed by atoms with Crippen LogP contribution in [0.3, 0.4) is 0 Å². The van der Waals surface area contributed by atoms with Gasteiger partial charge in [0, 0.05) is 25.1 Å². The summed E-state index contributed by atoms with van der Waals surface area (Å²) >= 11 is 0. The summed E-state index contributed by atoms with van der Waals surface area (Å²) in [6.07, 6.45) is 0.960. The maximum atomic E-state index is 13.2. The fourth-order valence-electron chi connectivity index (χ4n) is 6.19. The first-order valence-electron chi connectivity index (χ1n) is 11.9. The normalized spacial score (nSPS) is 32.1. The van der Waals surface area contributed by atoms with Crippen LogP contribution >= 0.6 is 0 Å². The zero-order chi connectivity index (χ0) is 25.4. The number of carbonyl (C=O) groups excluding carboxylic acids is 3. The SMILES string of the molecule is NC1=[NH+][C@H]2[C@H](CN3C(=O)CCC3=O)NC(N)=[N+]3CC(NC(=O)N4CCc5ccccc54)C(O)(O)[C@]23N1. The van der Waals surface area contributed by atoms with Crippen molar-refractivity contribution < 1.29 is 34.2 Å². The van der Waals surface area contributed by atoms with Crippen LogP contribution in [0.5, 0.6) is 0 Å². The fourth-order valence-corrected chi connectivity index (χ4v) is 6.19. The largest absolute Gasteiger partial charge is 0.358 e. The molecule has 5 aliphatic rings. The number of nitrogens with zero attached hydrogens (tertiary/aromatic N) is 3. The molecule has 2 saturated heterocycles. The van der Waals surface area contributed by atoms with Crippen LogP contribution in [0.15, 0.2) is 24.3 Å². The summed E-state index contributed by atoms with van der Waals surface area (Å²) in [6, 6.07) is 4.41. The van der Waals surface area contributed by atoms with Gasteiger partial charge in [-0.2, -0.15) is 0 Å². The highest BCUT2D eigenvalue weighted by molar-refractivity contribution is 6.02. The molecule has 4 atom stereocenters. The molecule has 190 valence electrons. The molecule has 0 radical (unpaired) electrons. The Morgan fingerprint density at radius 2 is 1.92 bits per heavy atom. The predicted octanol–water partition coefficient (Wildman–Crippen LogP) is -5.67. The standard InChI is InChI=1S/C22H27N9O5/c23-18-27-17-12(9-30-15(32)5-6-16(30)33)25-19(24)31-10-14(22(35,36)21(17,31)28-18)26-20(34)29-8-7-11-3-1-2-4-13(11)29/h1-4,12,14,17,35-36H,5-10H2,(H6,23,24,25,26,27,28,34)/p+2/t12-,14?,17-,21-/m0/s1. The maximum Gasteiger partial charge on any atom is 0.347 e. The molecule has 14 heteroatoms. The van der Waals surface area contributed by atoms with Crippen molar-refractivity contribution in [2.45, 2.75) is 48.8 Å². The van der Waals surface area contributed by atoms with Crippen molar-refractivity contribution >= 4 is 35.5 Å². The number of fused-ring (bicyclic) bond motifs is 1. The second-order valence-electron chi connectivity index (χ2n) is 9.83. The molecule has 4 amide bonds. The minimum atomic E-state index is -2.55. The Morgan fingerprint density at radius 3 is 2.67 bits per heavy atom. The number of carbonyl (C=O) groups is 3. The van der Waals surface area contributed by atoms with Crippen LogP contribution in [0, 0.1) is 0 Å². The molecule has 14 nitrogen and oxygen atoms in total. The Morgan fingerprint density at radius 1 is 1.19 bits per heavy atom. The number of guanidine groups is 2. The molecule has 5 aliphatic heterocycles. The first-order chi connectivity index (χ1) is 17.1. The van der Waals surface area contributed by atoms with E-state index in [0.29, 0.717) is 13.0 Å². The van der Waals surface area contributed by atoms with Crippen molar-refractivity contribution in [3.63, 3.8) is 0 Å². The number of nitrogens with two attached hydrogens (primary N) is 2. The first kappa shape index (κ1) is 22.5. The number of amides is 4. The zero-order valence-electron chi connectivity index (χ0n) is 19.4. The molecule has 5 heterocycles. The highest BCUT2D eigenvalue weighted by Crippen LogP contribution is 2.38. The van der Waals surface area contributed by atoms with Crippen LogP contribution < -0.4 is 37.3 Å². The molecule has 0 bridgehead atoms. The number of imide groups is 1. The second kappa shape index (κ2) is 7.54. The molecular weight excluding hydrogens is 470 g/mol. The van der Waals surface area contributed by atoms with Crippen molar-refractivity contribution in [1.82, 2.24) is 20.9 Å². The number of likely N-dealkylation sites (tertiary alicyclic amines) is 1. The molecule has 1 aromatic rings. The summed E-state index contributed by atoms with van der Waals surface area (Å²) in [5.74, 6) is -3.00. The Kier molecular flexibility index (Phi) is 4.72. The van der Waals surface area contributed by atoms with E-state index in [-0.39, 0.29) is 49.7 Å². The van der Waals surface area contributed by atoms with Crippen molar-refractivity contribution in [2.24, 2.45) is 11.5 Å². The van der Waals surface area contributed by atoms with Crippen LogP contribution in [0.25, 0.3) is 0 Å². The lowest BCUT2D eigenvalue weighted by Gasteiger charge is -2.41. The van der Waals surface area contributed by atoms with Crippen LogP contribution in [0.4, 0.5) is 10.5 Å². The van der Waals surface area contributed by atoms with E-state index in [1.165, 1.54) is 4.58 Å². The van der Waals surface area contributed by atoms with Crippen LogP contribution in [-0.2, 0) is 16.0 Å². The van der Waals surface area contributed by atoms with Crippen molar-refractivity contribution in [3.8, 4) is 0 Å². The van der Waals surface area contributed by atoms with Crippen LogP contribution in [0.2, 0.25) is 0 Å². The van der Waals surface area contributed by atoms with Crippen molar-refractivity contribution in [3.05, 3.63) is 29.8 Å². The summed E-state index contributed by atoms with van der Waals surface area (Å²) in [4.78, 5) is 43.4. The van der Waals surface area contributed by atoms with Gasteiger partial charge in [-0.15, -0.1) is 0 Å². The van der Waals surface area contributed by atoms with Gasteiger partial charge in [0.15, 0.2) is 6.04 Å². The van der Waals surface area contributed by atoms with Gasteiger partial charge in [0.1, 0.15) is 12.1 Å². The van der Waals surface area contributed by atoms with Gasteiger partial charge in [0.25, 0.3) is 11.4 Å². The topological polar surface area (TPSA) is 203 Å². The van der Waals surface area contributed by atoms with Gasteiger partial charge in [-0.05, 0) is 18.1 Å². The number of para-hydroxylation sites is 1. The Balaban J connectivity index is 1.30. The molecule has 0 aromatic heterocycles. The number of hydrogen-bond donors (Lipinski definition) is 8. The predicted molar refractivity (Wildman–Crippen MR) is 124 cm³/mol. The highest BCUT2D eigenvalue weighted by Gasteiger charge is 2.78. The molecule has 6 rings (SSSR count). The number of aliphatic hydroxyl groups is 2. The Labute approximate surface area is 205 Å². The Bertz CT molecular complexity index is 1230. The maximum absolute atomic E-state index is 13.2. The van der Waals surface area contributed by atoms with Gasteiger partial charge in [-0.25, -0.2) is 14.7 Å². The number of hydrogen-bond acceptors (Lipinski definition) is 9. The third-order valence-corrected chi connectivity index (χ3v) is 7.91. The molecule has 1 unspecified atom stereocenters. The summed E-state index contributed by atoms with van der Waals surface area (Å²) in [6.45, 7) is 0.383. The number of nitrogens with one attached hydrogen (secondary N) is 4. The van der Waals surface area contributed by atoms with Crippen LogP contribution in [0.1, 0.15) is 18.4 Å². The number of rotatable bonds is 3. The van der Waals surface area contributed by atoms with E-state index in [4.69, 9.17) is 11.5 Å². The third kappa shape index (κ3) is 2.94. The molecular formula is C22H29N9O5+2. The van der Waals surface area contributed by atoms with Gasteiger partial charge in [-0.3, -0.25) is 41.2 Å². The average molecular weight is 500 g/mol. The zero-order valence-corrected chi connectivity index (χ0v) is 19.4. The third-order valence-electron chi connectivity index (χ3n) is 7.91. The quantitative estimate of drug-likeness (QED) is 0.113. The smallest absolute Gasteiger partial charge is 0.347 e. The summed E-state index contributed by atoms with van der Waals surface area (Å²) in [7, 11) is 0. The van der Waals surface area contributed by atoms with Gasteiger partial charge >= 0.3 is 18.0 Å². The average Bonchev–Trinajstić information content (AvgIpc) is 3.56. The summed E-state index contributed by atoms with van der Waals surface area (Å²) < 4.78 is 1.51. The minimum absolute atomic E-state index is 0.0418. The molecule has 0 aliphatic carbocycles. The lowest BCUT2D eigenvalue weighted by Crippen LogP contribution is -2.92. The van der Waals surface area contributed by atoms with E-state index in [1.807, 2.05) is 24.3 Å². The van der Waals surface area contributed by atoms with E-state index in [1.54, 1.807) is 4.90 Å². The van der Waals surface area contributed by atoms with E-state index in [2.05, 4.69) is 20.9 Å². The number of urea groups is 1. The van der Waals surface area contributed by atoms with E-state index >= 15 is 0 Å². The molecule has 0 saturated carbocycles. The summed E-state index contributed by atoms with van der Waals surface area (Å²) in [5, 5.41) is 31.9. The second-order valence-corrected chi connectivity index (χ2v) is 9.83. The molecule has 1 aromatic carbocycles. The van der Waals surface area contributed by atoms with Gasteiger partial charge in [-0.1, -0.05) is 18.2 Å². The minimum Gasteiger partial charge on any atom is -0.358 e. The van der Waals surface area contributed by atoms with Crippen molar-refractivity contribution in [1.29, 1.82) is 0 Å². The van der Waals surface area contributed by atoms with E-state index < -0.39 is 35.6 Å². The van der Waals surface area contributed by atoms with E-state index in [9.17, 15) is 24.6 Å². The molecule has 10 N–H and O–H groups in total.